The zero-order valence-corrected chi connectivity index (χ0v) is 25.5. The molecule has 0 amide bonds. The lowest BCUT2D eigenvalue weighted by molar-refractivity contribution is 0.662. The zero-order chi connectivity index (χ0) is 27.1. The highest BCUT2D eigenvalue weighted by Crippen LogP contribution is 2.45. The second kappa shape index (κ2) is 13.6. The Morgan fingerprint density at radius 2 is 1.43 bits per heavy atom. The molecule has 0 heterocycles. The van der Waals surface area contributed by atoms with Crippen LogP contribution in [0, 0.1) is 41.5 Å². The quantitative estimate of drug-likeness (QED) is 0.197. The van der Waals surface area contributed by atoms with Gasteiger partial charge in [-0.1, -0.05) is 84.8 Å². The van der Waals surface area contributed by atoms with Crippen molar-refractivity contribution < 1.29 is 0 Å². The van der Waals surface area contributed by atoms with Crippen molar-refractivity contribution in [1.82, 2.24) is 0 Å². The molecule has 194 valence electrons. The Balaban J connectivity index is 1.88. The van der Waals surface area contributed by atoms with E-state index in [1.54, 1.807) is 0 Å². The Morgan fingerprint density at radius 1 is 0.892 bits per heavy atom. The van der Waals surface area contributed by atoms with Crippen LogP contribution in [0.1, 0.15) is 59.2 Å². The molecule has 0 fully saturated rings. The smallest absolute Gasteiger partial charge is 0.102 e. The van der Waals surface area contributed by atoms with Gasteiger partial charge in [0, 0.05) is 36.5 Å². The van der Waals surface area contributed by atoms with E-state index in [2.05, 4.69) is 132 Å². The molecule has 4 atom stereocenters. The molecule has 0 saturated carbocycles. The Labute approximate surface area is 232 Å². The highest BCUT2D eigenvalue weighted by Gasteiger charge is 2.26. The second-order valence-corrected chi connectivity index (χ2v) is 13.1. The number of anilines is 2. The van der Waals surface area contributed by atoms with Crippen LogP contribution >= 0.6 is 19.3 Å². The van der Waals surface area contributed by atoms with E-state index >= 15 is 0 Å². The molecule has 0 saturated heterocycles. The fourth-order valence-electron chi connectivity index (χ4n) is 5.00. The molecule has 0 aliphatic heterocycles. The van der Waals surface area contributed by atoms with Crippen LogP contribution in [0.4, 0.5) is 11.4 Å². The predicted octanol–water partition coefficient (Wildman–Crippen LogP) is 9.07. The molecule has 3 unspecified atom stereocenters. The molecule has 0 spiro atoms. The fourth-order valence-corrected chi connectivity index (χ4v) is 7.90. The number of hydrogen-bond donors (Lipinski definition) is 1. The molecule has 3 aromatic rings. The Hall–Kier alpha value is -2.16. The summed E-state index contributed by atoms with van der Waals surface area (Å²) in [6, 6.07) is 19.7. The van der Waals surface area contributed by atoms with Crippen LogP contribution in [0.25, 0.3) is 6.08 Å². The molecule has 3 rings (SSSR count). The zero-order valence-electron chi connectivity index (χ0n) is 23.7. The van der Waals surface area contributed by atoms with E-state index in [0.29, 0.717) is 13.2 Å². The van der Waals surface area contributed by atoms with Gasteiger partial charge in [-0.2, -0.15) is 0 Å². The minimum atomic E-state index is -0.165. The van der Waals surface area contributed by atoms with Crippen LogP contribution in [0.2, 0.25) is 0 Å². The van der Waals surface area contributed by atoms with E-state index in [0.717, 1.165) is 6.42 Å². The standard InChI is InChI=1S/C32H42BN2PS/c1-9-29(34-30-23(4)17-21(2)18-24(30)5)32(33)35(31-25(6)19-22(3)20-26(31)7)36-37-27(8)15-16-28-13-11-10-12-14-28/h10-20,27,29,32,34,36H,9H2,1-8H3/b16-15+/t27?,29?,32-/m0/s1. The number of aryl methyl sites for hydroxylation is 6. The molecule has 0 aliphatic carbocycles. The summed E-state index contributed by atoms with van der Waals surface area (Å²) in [6.45, 7) is 17.6. The highest BCUT2D eigenvalue weighted by atomic mass is 32.7. The number of nitrogens with zero attached hydrogens (tertiary/aromatic N) is 1. The van der Waals surface area contributed by atoms with Gasteiger partial charge >= 0.3 is 0 Å². The van der Waals surface area contributed by atoms with Crippen molar-refractivity contribution in [3.05, 3.63) is 99.6 Å². The molecule has 37 heavy (non-hydrogen) atoms. The van der Waals surface area contributed by atoms with Crippen molar-refractivity contribution in [2.75, 3.05) is 9.99 Å². The van der Waals surface area contributed by atoms with Crippen molar-refractivity contribution in [2.45, 2.75) is 79.0 Å². The maximum atomic E-state index is 7.15. The maximum absolute atomic E-state index is 7.15. The normalized spacial score (nSPS) is 14.3. The molecular formula is C32H42BN2PS. The molecule has 0 bridgehead atoms. The monoisotopic (exact) mass is 528 g/mol. The number of nitrogens with one attached hydrogen (secondary N) is 1. The summed E-state index contributed by atoms with van der Waals surface area (Å²) in [5.41, 5.74) is 11.4. The lowest BCUT2D eigenvalue weighted by Crippen LogP contribution is -2.44. The number of benzene rings is 3. The first-order valence-electron chi connectivity index (χ1n) is 13.2. The van der Waals surface area contributed by atoms with Gasteiger partial charge in [0.15, 0.2) is 0 Å². The average Bonchev–Trinajstić information content (AvgIpc) is 2.84. The lowest BCUT2D eigenvalue weighted by atomic mass is 9.85. The molecule has 0 aliphatic rings. The molecule has 5 heteroatoms. The largest absolute Gasteiger partial charge is 0.381 e. The van der Waals surface area contributed by atoms with Crippen LogP contribution in [0.15, 0.2) is 60.7 Å². The third kappa shape index (κ3) is 7.92. The van der Waals surface area contributed by atoms with Gasteiger partial charge in [0.05, 0.1) is 0 Å². The Bertz CT molecular complexity index is 1160. The number of rotatable bonds is 11. The van der Waals surface area contributed by atoms with Crippen molar-refractivity contribution in [1.29, 1.82) is 0 Å². The number of hydrogen-bond acceptors (Lipinski definition) is 3. The SMILES string of the molecule is [B][C@H](C(CC)Nc1c(C)cc(C)cc1C)N(PSC(C)/C=C/c1ccccc1)c1c(C)cc(C)cc1C. The van der Waals surface area contributed by atoms with Gasteiger partial charge < -0.3 is 9.99 Å². The molecule has 0 aromatic heterocycles. The van der Waals surface area contributed by atoms with Gasteiger partial charge in [-0.25, -0.2) is 0 Å². The van der Waals surface area contributed by atoms with E-state index in [1.165, 1.54) is 50.3 Å². The average molecular weight is 529 g/mol. The molecule has 1 N–H and O–H groups in total. The first kappa shape index (κ1) is 29.4. The summed E-state index contributed by atoms with van der Waals surface area (Å²) in [7, 11) is 7.65. The van der Waals surface area contributed by atoms with E-state index in [-0.39, 0.29) is 12.0 Å². The summed E-state index contributed by atoms with van der Waals surface area (Å²) in [5, 5.41) is 4.21. The fraction of sp³-hybridized carbons (Fsp3) is 0.375. The van der Waals surface area contributed by atoms with E-state index < -0.39 is 0 Å². The van der Waals surface area contributed by atoms with Crippen LogP contribution in [0.3, 0.4) is 0 Å². The molecule has 3 aromatic carbocycles. The third-order valence-electron chi connectivity index (χ3n) is 6.73. The molecule has 2 nitrogen and oxygen atoms in total. The van der Waals surface area contributed by atoms with Gasteiger partial charge in [-0.05, 0) is 82.7 Å². The maximum Gasteiger partial charge on any atom is 0.102 e. The van der Waals surface area contributed by atoms with E-state index in [1.807, 2.05) is 11.4 Å². The van der Waals surface area contributed by atoms with Gasteiger partial charge in [0.2, 0.25) is 0 Å². The summed E-state index contributed by atoms with van der Waals surface area (Å²) in [6.07, 6.45) is 5.45. The Kier molecular flexibility index (Phi) is 10.8. The van der Waals surface area contributed by atoms with Gasteiger partial charge in [-0.3, -0.25) is 0 Å². The van der Waals surface area contributed by atoms with Crippen molar-refractivity contribution in [3.63, 3.8) is 0 Å². The second-order valence-electron chi connectivity index (χ2n) is 10.2. The minimum Gasteiger partial charge on any atom is -0.381 e. The van der Waals surface area contributed by atoms with Crippen LogP contribution in [-0.4, -0.2) is 25.1 Å². The first-order valence-corrected chi connectivity index (χ1v) is 15.8. The van der Waals surface area contributed by atoms with Gasteiger partial charge in [0.25, 0.3) is 0 Å². The Morgan fingerprint density at radius 3 is 1.97 bits per heavy atom. The van der Waals surface area contributed by atoms with Crippen molar-refractivity contribution in [3.8, 4) is 0 Å². The van der Waals surface area contributed by atoms with E-state index in [9.17, 15) is 0 Å². The summed E-state index contributed by atoms with van der Waals surface area (Å²) in [5.74, 6) is -0.165. The van der Waals surface area contributed by atoms with Crippen LogP contribution in [0.5, 0.6) is 0 Å². The first-order chi connectivity index (χ1) is 17.6. The lowest BCUT2D eigenvalue weighted by Gasteiger charge is -2.39. The van der Waals surface area contributed by atoms with E-state index in [4.69, 9.17) is 7.85 Å². The minimum absolute atomic E-state index is 0.114. The topological polar surface area (TPSA) is 15.3 Å². The summed E-state index contributed by atoms with van der Waals surface area (Å²) in [4.78, 5) is 0. The molecular weight excluding hydrogens is 486 g/mol. The summed E-state index contributed by atoms with van der Waals surface area (Å²) >= 11 is 1.95. The third-order valence-corrected chi connectivity index (χ3v) is 10.1. The summed E-state index contributed by atoms with van der Waals surface area (Å²) < 4.78 is 2.45. The van der Waals surface area contributed by atoms with Gasteiger partial charge in [0.1, 0.15) is 7.85 Å². The van der Waals surface area contributed by atoms with Crippen LogP contribution < -0.4 is 9.99 Å². The van der Waals surface area contributed by atoms with Crippen LogP contribution in [-0.2, 0) is 0 Å². The van der Waals surface area contributed by atoms with Gasteiger partial charge in [-0.15, -0.1) is 11.4 Å². The predicted molar refractivity (Wildman–Crippen MR) is 172 cm³/mol. The van der Waals surface area contributed by atoms with Crippen molar-refractivity contribution >= 4 is 44.6 Å². The highest BCUT2D eigenvalue weighted by molar-refractivity contribution is 8.50. The molecule has 2 radical (unpaired) electrons. The van der Waals surface area contributed by atoms with Crippen molar-refractivity contribution in [2.24, 2.45) is 0 Å².